The normalized spacial score (nSPS) is 12.5. The van der Waals surface area contributed by atoms with Gasteiger partial charge in [0.05, 0.1) is 4.92 Å². The van der Waals surface area contributed by atoms with Gasteiger partial charge in [0.15, 0.2) is 0 Å². The SMILES string of the molecule is O=[N+]([O-])c1cccc(S(=O)(=O)C(F)(F)F)c1F. The molecule has 5 nitrogen and oxygen atoms in total. The van der Waals surface area contributed by atoms with E-state index in [2.05, 4.69) is 0 Å². The molecule has 0 fully saturated rings. The number of sulfone groups is 1. The molecule has 0 radical (unpaired) electrons. The molecule has 0 saturated heterocycles. The summed E-state index contributed by atoms with van der Waals surface area (Å²) in [5, 5.41) is 10.2. The minimum atomic E-state index is -5.94. The largest absolute Gasteiger partial charge is 0.502 e. The molecule has 0 unspecified atom stereocenters. The van der Waals surface area contributed by atoms with Gasteiger partial charge in [-0.25, -0.2) is 8.42 Å². The highest BCUT2D eigenvalue weighted by atomic mass is 32.2. The van der Waals surface area contributed by atoms with Crippen molar-refractivity contribution in [2.24, 2.45) is 0 Å². The lowest BCUT2D eigenvalue weighted by molar-refractivity contribution is -0.387. The third kappa shape index (κ3) is 2.20. The van der Waals surface area contributed by atoms with E-state index in [1.54, 1.807) is 0 Å². The molecule has 1 rings (SSSR count). The van der Waals surface area contributed by atoms with Gasteiger partial charge in [-0.1, -0.05) is 6.07 Å². The Balaban J connectivity index is 3.56. The highest BCUT2D eigenvalue weighted by molar-refractivity contribution is 7.92. The first-order chi connectivity index (χ1) is 7.59. The Morgan fingerprint density at radius 3 is 2.18 bits per heavy atom. The molecule has 0 aliphatic carbocycles. The number of nitro groups is 1. The number of halogens is 4. The lowest BCUT2D eigenvalue weighted by atomic mass is 10.3. The Hall–Kier alpha value is -1.71. The average Bonchev–Trinajstić information content (AvgIpc) is 2.15. The summed E-state index contributed by atoms with van der Waals surface area (Å²) in [5.41, 5.74) is -7.06. The van der Waals surface area contributed by atoms with Crippen LogP contribution in [0, 0.1) is 15.9 Å². The second-order valence-electron chi connectivity index (χ2n) is 2.80. The van der Waals surface area contributed by atoms with E-state index < -0.39 is 36.7 Å². The van der Waals surface area contributed by atoms with Crippen molar-refractivity contribution >= 4 is 15.5 Å². The molecule has 0 atom stereocenters. The van der Waals surface area contributed by atoms with E-state index in [1.807, 2.05) is 0 Å². The molecule has 0 aromatic heterocycles. The van der Waals surface area contributed by atoms with Crippen LogP contribution in [0.5, 0.6) is 0 Å². The summed E-state index contributed by atoms with van der Waals surface area (Å²) in [6.07, 6.45) is 0. The molecule has 1 aromatic rings. The zero-order chi connectivity index (χ0) is 13.4. The van der Waals surface area contributed by atoms with Crippen molar-refractivity contribution < 1.29 is 30.9 Å². The van der Waals surface area contributed by atoms with Crippen molar-refractivity contribution in [1.29, 1.82) is 0 Å². The van der Waals surface area contributed by atoms with Crippen LogP contribution in [0.4, 0.5) is 23.2 Å². The van der Waals surface area contributed by atoms with E-state index in [0.717, 1.165) is 0 Å². The van der Waals surface area contributed by atoms with Crippen molar-refractivity contribution in [2.45, 2.75) is 10.4 Å². The third-order valence-corrected chi connectivity index (χ3v) is 3.24. The van der Waals surface area contributed by atoms with Crippen molar-refractivity contribution in [3.8, 4) is 0 Å². The molecular weight excluding hydrogens is 270 g/mol. The number of hydrogen-bond donors (Lipinski definition) is 0. The van der Waals surface area contributed by atoms with Crippen LogP contribution < -0.4 is 0 Å². The molecule has 17 heavy (non-hydrogen) atoms. The van der Waals surface area contributed by atoms with Crippen LogP contribution in [0.3, 0.4) is 0 Å². The van der Waals surface area contributed by atoms with Crippen molar-refractivity contribution in [2.75, 3.05) is 0 Å². The molecule has 10 heteroatoms. The summed E-state index contributed by atoms with van der Waals surface area (Å²) in [4.78, 5) is 7.16. The number of rotatable bonds is 2. The predicted molar refractivity (Wildman–Crippen MR) is 46.3 cm³/mol. The average molecular weight is 273 g/mol. The standard InChI is InChI=1S/C7H3F4NO4S/c8-6-4(12(13)14)2-1-3-5(6)17(15,16)7(9,10)11/h1-3H. The molecule has 1 aromatic carbocycles. The fourth-order valence-corrected chi connectivity index (χ4v) is 1.82. The zero-order valence-corrected chi connectivity index (χ0v) is 8.55. The third-order valence-electron chi connectivity index (χ3n) is 1.73. The monoisotopic (exact) mass is 273 g/mol. The summed E-state index contributed by atoms with van der Waals surface area (Å²) in [5.74, 6) is -2.03. The first-order valence-electron chi connectivity index (χ1n) is 3.83. The smallest absolute Gasteiger partial charge is 0.258 e. The van der Waals surface area contributed by atoms with Crippen LogP contribution in [-0.4, -0.2) is 18.8 Å². The van der Waals surface area contributed by atoms with Crippen LogP contribution in [0.2, 0.25) is 0 Å². The molecule has 0 saturated carbocycles. The van der Waals surface area contributed by atoms with Gasteiger partial charge in [-0.05, 0) is 6.07 Å². The number of nitro benzene ring substituents is 1. The van der Waals surface area contributed by atoms with E-state index in [1.165, 1.54) is 0 Å². The maximum atomic E-state index is 13.2. The lowest BCUT2D eigenvalue weighted by Gasteiger charge is -2.08. The first-order valence-corrected chi connectivity index (χ1v) is 5.31. The Morgan fingerprint density at radius 1 is 1.24 bits per heavy atom. The van der Waals surface area contributed by atoms with E-state index in [4.69, 9.17) is 0 Å². The summed E-state index contributed by atoms with van der Waals surface area (Å²) in [6, 6.07) is 1.52. The van der Waals surface area contributed by atoms with Crippen molar-refractivity contribution in [3.63, 3.8) is 0 Å². The molecule has 0 spiro atoms. The van der Waals surface area contributed by atoms with Gasteiger partial charge < -0.3 is 0 Å². The Labute approximate surface area is 91.7 Å². The van der Waals surface area contributed by atoms with Gasteiger partial charge in [-0.2, -0.15) is 17.6 Å². The Bertz CT molecular complexity index is 566. The zero-order valence-electron chi connectivity index (χ0n) is 7.73. The molecule has 0 bridgehead atoms. The van der Waals surface area contributed by atoms with Gasteiger partial charge in [0.2, 0.25) is 5.82 Å². The molecule has 0 heterocycles. The molecular formula is C7H3F4NO4S. The second-order valence-corrected chi connectivity index (χ2v) is 4.71. The molecule has 0 aliphatic heterocycles. The topological polar surface area (TPSA) is 77.3 Å². The van der Waals surface area contributed by atoms with E-state index in [9.17, 15) is 36.1 Å². The summed E-state index contributed by atoms with van der Waals surface area (Å²) >= 11 is 0. The van der Waals surface area contributed by atoms with Gasteiger partial charge in [0.1, 0.15) is 4.90 Å². The molecule has 0 aliphatic rings. The second kappa shape index (κ2) is 3.95. The summed E-state index contributed by atoms with van der Waals surface area (Å²) < 4.78 is 71.3. The van der Waals surface area contributed by atoms with Gasteiger partial charge in [-0.15, -0.1) is 0 Å². The Morgan fingerprint density at radius 2 is 1.76 bits per heavy atom. The van der Waals surface area contributed by atoms with Crippen LogP contribution in [0.25, 0.3) is 0 Å². The van der Waals surface area contributed by atoms with Crippen LogP contribution >= 0.6 is 0 Å². The van der Waals surface area contributed by atoms with Crippen LogP contribution in [0.15, 0.2) is 23.1 Å². The van der Waals surface area contributed by atoms with Crippen LogP contribution in [0.1, 0.15) is 0 Å². The summed E-state index contributed by atoms with van der Waals surface area (Å²) in [6.45, 7) is 0. The number of benzene rings is 1. The van der Waals surface area contributed by atoms with Crippen molar-refractivity contribution in [3.05, 3.63) is 34.1 Å². The predicted octanol–water partition coefficient (Wildman–Crippen LogP) is 2.03. The maximum absolute atomic E-state index is 13.2. The van der Waals surface area contributed by atoms with Gasteiger partial charge in [-0.3, -0.25) is 10.1 Å². The highest BCUT2D eigenvalue weighted by Crippen LogP contribution is 2.34. The number of hydrogen-bond acceptors (Lipinski definition) is 4. The fraction of sp³-hybridized carbons (Fsp3) is 0.143. The van der Waals surface area contributed by atoms with Crippen LogP contribution in [-0.2, 0) is 9.84 Å². The first kappa shape index (κ1) is 13.4. The van der Waals surface area contributed by atoms with E-state index >= 15 is 0 Å². The maximum Gasteiger partial charge on any atom is 0.502 e. The van der Waals surface area contributed by atoms with E-state index in [-0.39, 0.29) is 0 Å². The van der Waals surface area contributed by atoms with Gasteiger partial charge >= 0.3 is 11.2 Å². The summed E-state index contributed by atoms with van der Waals surface area (Å²) in [7, 11) is -5.94. The number of alkyl halides is 3. The molecule has 94 valence electrons. The minimum Gasteiger partial charge on any atom is -0.258 e. The van der Waals surface area contributed by atoms with E-state index in [0.29, 0.717) is 18.2 Å². The van der Waals surface area contributed by atoms with Crippen molar-refractivity contribution in [1.82, 2.24) is 0 Å². The minimum absolute atomic E-state index is 0.311. The molecule has 0 amide bonds. The Kier molecular flexibility index (Phi) is 3.10. The number of nitrogens with zero attached hydrogens (tertiary/aromatic N) is 1. The fourth-order valence-electron chi connectivity index (χ4n) is 0.972. The lowest BCUT2D eigenvalue weighted by Crippen LogP contribution is -2.24. The highest BCUT2D eigenvalue weighted by Gasteiger charge is 2.49. The molecule has 0 N–H and O–H groups in total. The van der Waals surface area contributed by atoms with Gasteiger partial charge in [0, 0.05) is 6.07 Å². The quantitative estimate of drug-likeness (QED) is 0.469. The van der Waals surface area contributed by atoms with Gasteiger partial charge in [0.25, 0.3) is 9.84 Å².